The molecule has 198 valence electrons. The number of aliphatic carboxylic acids is 1. The lowest BCUT2D eigenvalue weighted by Crippen LogP contribution is -2.25. The fourth-order valence-electron chi connectivity index (χ4n) is 4.00. The topological polar surface area (TPSA) is 83.5 Å². The van der Waals surface area contributed by atoms with Crippen LogP contribution < -0.4 is 5.32 Å². The first-order chi connectivity index (χ1) is 17.3. The summed E-state index contributed by atoms with van der Waals surface area (Å²) >= 11 is 0. The van der Waals surface area contributed by atoms with Gasteiger partial charge in [-0.15, -0.1) is 0 Å². The summed E-state index contributed by atoms with van der Waals surface area (Å²) in [6.07, 6.45) is -6.80. The van der Waals surface area contributed by atoms with Crippen LogP contribution in [0.2, 0.25) is 0 Å². The first-order valence-electron chi connectivity index (χ1n) is 11.4. The summed E-state index contributed by atoms with van der Waals surface area (Å²) in [7, 11) is 0. The lowest BCUT2D eigenvalue weighted by Gasteiger charge is -2.19. The van der Waals surface area contributed by atoms with Gasteiger partial charge in [-0.1, -0.05) is 6.42 Å². The average molecular weight is 527 g/mol. The van der Waals surface area contributed by atoms with Gasteiger partial charge in [0.15, 0.2) is 5.78 Å². The summed E-state index contributed by atoms with van der Waals surface area (Å²) in [6, 6.07) is 5.55. The van der Waals surface area contributed by atoms with Gasteiger partial charge >= 0.3 is 18.3 Å². The highest BCUT2D eigenvalue weighted by Gasteiger charge is 2.37. The number of hydrogen-bond donors (Lipinski definition) is 2. The maximum Gasteiger partial charge on any atom is 0.416 e. The molecule has 0 heterocycles. The second-order valence-electron chi connectivity index (χ2n) is 8.67. The molecule has 0 bridgehead atoms. The summed E-state index contributed by atoms with van der Waals surface area (Å²) in [6.45, 7) is 0.345. The third-order valence-electron chi connectivity index (χ3n) is 5.87. The number of carboxylic acids is 1. The molecule has 0 aromatic heterocycles. The molecule has 1 aliphatic carbocycles. The predicted octanol–water partition coefficient (Wildman–Crippen LogP) is 6.31. The molecule has 2 N–H and O–H groups in total. The number of benzene rings is 2. The Kier molecular flexibility index (Phi) is 8.45. The minimum atomic E-state index is -4.99. The highest BCUT2D eigenvalue weighted by Crippen LogP contribution is 2.37. The van der Waals surface area contributed by atoms with Crippen LogP contribution in [-0.4, -0.2) is 29.3 Å². The number of halogens is 6. The molecule has 2 aromatic carbocycles. The lowest BCUT2D eigenvalue weighted by molar-refractivity contribution is -0.143. The van der Waals surface area contributed by atoms with Gasteiger partial charge in [0.25, 0.3) is 5.91 Å². The molecule has 0 saturated carbocycles. The van der Waals surface area contributed by atoms with Crippen LogP contribution in [-0.2, 0) is 23.6 Å². The molecule has 0 fully saturated rings. The van der Waals surface area contributed by atoms with Gasteiger partial charge in [0.2, 0.25) is 0 Å². The normalized spacial score (nSPS) is 15.0. The van der Waals surface area contributed by atoms with Gasteiger partial charge in [-0.2, -0.15) is 26.3 Å². The number of carboxylic acid groups (broad SMARTS) is 1. The van der Waals surface area contributed by atoms with E-state index in [0.717, 1.165) is 6.08 Å². The molecule has 0 aliphatic heterocycles. The number of hydrogen-bond acceptors (Lipinski definition) is 3. The fourth-order valence-corrected chi connectivity index (χ4v) is 4.00. The quantitative estimate of drug-likeness (QED) is 0.239. The van der Waals surface area contributed by atoms with Crippen molar-refractivity contribution >= 4 is 23.7 Å². The zero-order valence-electron chi connectivity index (χ0n) is 19.4. The number of aryl methyl sites for hydroxylation is 1. The van der Waals surface area contributed by atoms with E-state index in [0.29, 0.717) is 49.1 Å². The summed E-state index contributed by atoms with van der Waals surface area (Å²) in [5, 5.41) is 11.3. The first kappa shape index (κ1) is 27.9. The first-order valence-corrected chi connectivity index (χ1v) is 11.4. The number of allylic oxidation sites excluding steroid dienone is 1. The molecule has 1 amide bonds. The van der Waals surface area contributed by atoms with Crippen molar-refractivity contribution in [3.63, 3.8) is 0 Å². The van der Waals surface area contributed by atoms with Crippen LogP contribution in [0.1, 0.15) is 75.1 Å². The molecule has 0 radical (unpaired) electrons. The van der Waals surface area contributed by atoms with Crippen LogP contribution in [0.5, 0.6) is 0 Å². The number of rotatable bonds is 8. The Bertz CT molecular complexity index is 1200. The zero-order chi connectivity index (χ0) is 27.4. The number of amides is 1. The van der Waals surface area contributed by atoms with E-state index < -0.39 is 35.2 Å². The maximum atomic E-state index is 13.1. The van der Waals surface area contributed by atoms with Crippen molar-refractivity contribution in [2.45, 2.75) is 50.9 Å². The van der Waals surface area contributed by atoms with E-state index in [-0.39, 0.29) is 47.9 Å². The SMILES string of the molecule is O=C(O)CCCCCNC(=O)c1ccc2c(c1)CC/C(=C\c1cc(C(F)(F)F)cc(C(F)(F)F)c1)C2=O. The van der Waals surface area contributed by atoms with E-state index in [9.17, 15) is 40.7 Å². The van der Waals surface area contributed by atoms with Crippen LogP contribution in [0.3, 0.4) is 0 Å². The van der Waals surface area contributed by atoms with Gasteiger partial charge in [-0.3, -0.25) is 14.4 Å². The number of alkyl halides is 6. The Morgan fingerprint density at radius 1 is 0.892 bits per heavy atom. The zero-order valence-corrected chi connectivity index (χ0v) is 19.4. The molecule has 0 spiro atoms. The summed E-state index contributed by atoms with van der Waals surface area (Å²) < 4.78 is 78.9. The number of carbonyl (C=O) groups excluding carboxylic acids is 2. The Balaban J connectivity index is 1.75. The van der Waals surface area contributed by atoms with Gasteiger partial charge < -0.3 is 10.4 Å². The van der Waals surface area contributed by atoms with Crippen molar-refractivity contribution in [3.8, 4) is 0 Å². The van der Waals surface area contributed by atoms with E-state index in [1.54, 1.807) is 0 Å². The van der Waals surface area contributed by atoms with E-state index in [1.807, 2.05) is 0 Å². The van der Waals surface area contributed by atoms with Crippen LogP contribution >= 0.6 is 0 Å². The Morgan fingerprint density at radius 3 is 2.14 bits per heavy atom. The molecule has 0 atom stereocenters. The summed E-state index contributed by atoms with van der Waals surface area (Å²) in [4.78, 5) is 35.8. The average Bonchev–Trinajstić information content (AvgIpc) is 2.81. The van der Waals surface area contributed by atoms with E-state index in [1.165, 1.54) is 18.2 Å². The van der Waals surface area contributed by atoms with Crippen molar-refractivity contribution in [1.29, 1.82) is 0 Å². The number of unbranched alkanes of at least 4 members (excludes halogenated alkanes) is 2. The molecule has 0 saturated heterocycles. The highest BCUT2D eigenvalue weighted by molar-refractivity contribution is 6.13. The smallest absolute Gasteiger partial charge is 0.416 e. The van der Waals surface area contributed by atoms with Crippen molar-refractivity contribution in [2.24, 2.45) is 0 Å². The molecule has 2 aromatic rings. The largest absolute Gasteiger partial charge is 0.481 e. The minimum Gasteiger partial charge on any atom is -0.481 e. The number of fused-ring (bicyclic) bond motifs is 1. The van der Waals surface area contributed by atoms with Crippen molar-refractivity contribution < 1.29 is 45.8 Å². The number of nitrogens with one attached hydrogen (secondary N) is 1. The molecule has 5 nitrogen and oxygen atoms in total. The lowest BCUT2D eigenvalue weighted by atomic mass is 9.85. The fraction of sp³-hybridized carbons (Fsp3) is 0.346. The summed E-state index contributed by atoms with van der Waals surface area (Å²) in [5.41, 5.74) is -2.16. The van der Waals surface area contributed by atoms with Crippen LogP contribution in [0.15, 0.2) is 42.0 Å². The monoisotopic (exact) mass is 527 g/mol. The van der Waals surface area contributed by atoms with Gasteiger partial charge in [-0.05, 0) is 79.3 Å². The van der Waals surface area contributed by atoms with E-state index in [4.69, 9.17) is 5.11 Å². The van der Waals surface area contributed by atoms with Gasteiger partial charge in [-0.25, -0.2) is 0 Å². The van der Waals surface area contributed by atoms with Crippen LogP contribution in [0.4, 0.5) is 26.3 Å². The molecule has 0 unspecified atom stereocenters. The van der Waals surface area contributed by atoms with E-state index >= 15 is 0 Å². The number of Topliss-reactive ketones (excluding diaryl/α,β-unsaturated/α-hetero) is 1. The van der Waals surface area contributed by atoms with Gasteiger partial charge in [0, 0.05) is 29.7 Å². The van der Waals surface area contributed by atoms with E-state index in [2.05, 4.69) is 5.32 Å². The van der Waals surface area contributed by atoms with Gasteiger partial charge in [0.05, 0.1) is 11.1 Å². The predicted molar refractivity (Wildman–Crippen MR) is 122 cm³/mol. The molecule has 3 rings (SSSR count). The maximum absolute atomic E-state index is 13.1. The molecule has 11 heteroatoms. The molecular formula is C26H23F6NO4. The van der Waals surface area contributed by atoms with Crippen molar-refractivity contribution in [1.82, 2.24) is 5.32 Å². The van der Waals surface area contributed by atoms with Crippen molar-refractivity contribution in [3.05, 3.63) is 75.4 Å². The van der Waals surface area contributed by atoms with Crippen molar-refractivity contribution in [2.75, 3.05) is 6.54 Å². The molecular weight excluding hydrogens is 504 g/mol. The van der Waals surface area contributed by atoms with Crippen LogP contribution in [0, 0.1) is 0 Å². The Labute approximate surface area is 208 Å². The highest BCUT2D eigenvalue weighted by atomic mass is 19.4. The van der Waals surface area contributed by atoms with Crippen LogP contribution in [0.25, 0.3) is 6.08 Å². The molecule has 1 aliphatic rings. The Hall–Kier alpha value is -3.63. The number of ketones is 1. The third kappa shape index (κ3) is 7.43. The van der Waals surface area contributed by atoms with Gasteiger partial charge in [0.1, 0.15) is 0 Å². The summed E-state index contributed by atoms with van der Waals surface area (Å²) in [5.74, 6) is -1.79. The minimum absolute atomic E-state index is 0.0304. The number of carbonyl (C=O) groups is 3. The second-order valence-corrected chi connectivity index (χ2v) is 8.67. The molecule has 37 heavy (non-hydrogen) atoms. The standard InChI is InChI=1S/C26H23F6NO4/c27-25(28,29)19-11-15(12-20(14-19)26(30,31)32)10-17-6-5-16-13-18(7-8-21(16)23(17)36)24(37)33-9-3-1-2-4-22(34)35/h7-8,10-14H,1-6,9H2,(H,33,37)(H,34,35)/b17-10+. The second kappa shape index (κ2) is 11.2. The Morgan fingerprint density at radius 2 is 1.54 bits per heavy atom. The third-order valence-corrected chi connectivity index (χ3v) is 5.87.